The summed E-state index contributed by atoms with van der Waals surface area (Å²) in [5, 5.41) is 2.60. The minimum atomic E-state index is -0.399. The number of rotatable bonds is 5. The molecule has 3 aliphatic rings. The van der Waals surface area contributed by atoms with Crippen molar-refractivity contribution in [2.45, 2.75) is 24.7 Å². The van der Waals surface area contributed by atoms with Gasteiger partial charge in [-0.1, -0.05) is 196 Å². The molecule has 0 fully saturated rings. The van der Waals surface area contributed by atoms with Crippen LogP contribution in [0.2, 0.25) is 0 Å². The van der Waals surface area contributed by atoms with Gasteiger partial charge in [0.25, 0.3) is 0 Å². The predicted molar refractivity (Wildman–Crippen MR) is 263 cm³/mol. The van der Waals surface area contributed by atoms with Gasteiger partial charge in [0.15, 0.2) is 0 Å². The zero-order valence-corrected chi connectivity index (χ0v) is 35.3. The minimum absolute atomic E-state index is 0.102. The molecule has 63 heavy (non-hydrogen) atoms. The number of anilines is 3. The molecule has 10 aromatic rings. The summed E-state index contributed by atoms with van der Waals surface area (Å²) in [4.78, 5) is 2.42. The van der Waals surface area contributed by atoms with Gasteiger partial charge in [-0.2, -0.15) is 0 Å². The van der Waals surface area contributed by atoms with E-state index in [9.17, 15) is 0 Å². The van der Waals surface area contributed by atoms with Crippen molar-refractivity contribution in [3.8, 4) is 55.6 Å². The molecule has 0 amide bonds. The van der Waals surface area contributed by atoms with E-state index in [0.717, 1.165) is 17.1 Å². The Kier molecular flexibility index (Phi) is 7.64. The van der Waals surface area contributed by atoms with Gasteiger partial charge in [-0.25, -0.2) is 0 Å². The molecule has 0 radical (unpaired) electrons. The zero-order valence-electron chi connectivity index (χ0n) is 35.3. The van der Waals surface area contributed by atoms with Crippen LogP contribution in [-0.2, 0) is 10.8 Å². The molecule has 0 saturated carbocycles. The quantitative estimate of drug-likeness (QED) is 0.168. The smallest absolute Gasteiger partial charge is 0.0731 e. The molecule has 0 N–H and O–H groups in total. The summed E-state index contributed by atoms with van der Waals surface area (Å²) in [6.07, 6.45) is 0. The van der Waals surface area contributed by atoms with Crippen molar-refractivity contribution in [1.82, 2.24) is 0 Å². The highest BCUT2D eigenvalue weighted by molar-refractivity contribution is 6.04. The third-order valence-corrected chi connectivity index (χ3v) is 14.5. The molecule has 0 saturated heterocycles. The van der Waals surface area contributed by atoms with Gasteiger partial charge in [-0.3, -0.25) is 0 Å². The maximum absolute atomic E-state index is 2.45. The van der Waals surface area contributed by atoms with Crippen LogP contribution in [0.25, 0.3) is 66.4 Å². The average molecular weight is 802 g/mol. The highest BCUT2D eigenvalue weighted by atomic mass is 15.1. The molecular formula is C62H43N. The Bertz CT molecular complexity index is 3470. The van der Waals surface area contributed by atoms with E-state index in [2.05, 4.69) is 243 Å². The van der Waals surface area contributed by atoms with Crippen LogP contribution in [0.15, 0.2) is 224 Å². The first-order valence-corrected chi connectivity index (χ1v) is 22.2. The maximum Gasteiger partial charge on any atom is 0.0731 e. The second kappa shape index (κ2) is 13.4. The van der Waals surface area contributed by atoms with Gasteiger partial charge >= 0.3 is 0 Å². The highest BCUT2D eigenvalue weighted by Crippen LogP contribution is 2.64. The standard InChI is InChI=1S/C62H43N/c1-61(2)55-21-11-8-18-49(55)52-36-34-47(39-59(52)61)63(45-30-24-41(25-31-45)40-14-4-3-5-15-40)46-32-26-42(27-33-46)44-29-37-58-54(38-44)51-20-10-13-23-57(51)62(58)56-22-12-9-19-50(56)53-35-28-43-16-6-7-17-48(43)60(53)62/h3-39H,1-2H3. The topological polar surface area (TPSA) is 3.24 Å². The van der Waals surface area contributed by atoms with Crippen LogP contribution in [0.4, 0.5) is 17.1 Å². The van der Waals surface area contributed by atoms with Crippen LogP contribution in [0.1, 0.15) is 47.2 Å². The molecule has 3 aliphatic carbocycles. The summed E-state index contributed by atoms with van der Waals surface area (Å²) in [7, 11) is 0. The van der Waals surface area contributed by atoms with E-state index < -0.39 is 5.41 Å². The number of benzene rings is 10. The number of nitrogens with zero attached hydrogens (tertiary/aromatic N) is 1. The van der Waals surface area contributed by atoms with Crippen LogP contribution >= 0.6 is 0 Å². The van der Waals surface area contributed by atoms with Crippen molar-refractivity contribution in [2.75, 3.05) is 4.90 Å². The van der Waals surface area contributed by atoms with Crippen LogP contribution < -0.4 is 4.90 Å². The van der Waals surface area contributed by atoms with Gasteiger partial charge < -0.3 is 4.90 Å². The van der Waals surface area contributed by atoms with E-state index in [0.29, 0.717) is 0 Å². The SMILES string of the molecule is CC1(C)c2ccccc2-c2ccc(N(c3ccc(-c4ccccc4)cc3)c3ccc(-c4ccc5c(c4)-c4ccccc4C54c5ccccc5-c5ccc6ccccc6c54)cc3)cc21. The van der Waals surface area contributed by atoms with Crippen molar-refractivity contribution in [3.05, 3.63) is 258 Å². The van der Waals surface area contributed by atoms with E-state index in [1.165, 1.54) is 99.8 Å². The minimum Gasteiger partial charge on any atom is -0.310 e. The van der Waals surface area contributed by atoms with E-state index >= 15 is 0 Å². The molecule has 1 heteroatoms. The summed E-state index contributed by atoms with van der Waals surface area (Å²) in [5.41, 5.74) is 23.9. The number of hydrogen-bond acceptors (Lipinski definition) is 1. The summed E-state index contributed by atoms with van der Waals surface area (Å²) in [5.74, 6) is 0. The molecule has 296 valence electrons. The average Bonchev–Trinajstić information content (AvgIpc) is 3.90. The molecule has 1 unspecified atom stereocenters. The van der Waals surface area contributed by atoms with Crippen molar-refractivity contribution >= 4 is 27.8 Å². The van der Waals surface area contributed by atoms with E-state index in [-0.39, 0.29) is 5.41 Å². The third kappa shape index (κ3) is 5.05. The van der Waals surface area contributed by atoms with E-state index in [4.69, 9.17) is 0 Å². The predicted octanol–water partition coefficient (Wildman–Crippen LogP) is 16.3. The Morgan fingerprint density at radius 2 is 0.778 bits per heavy atom. The molecule has 0 aliphatic heterocycles. The largest absolute Gasteiger partial charge is 0.310 e. The number of fused-ring (bicyclic) bond motifs is 15. The zero-order chi connectivity index (χ0) is 41.9. The summed E-state index contributed by atoms with van der Waals surface area (Å²) < 4.78 is 0. The lowest BCUT2D eigenvalue weighted by Crippen LogP contribution is -2.26. The van der Waals surface area contributed by atoms with Gasteiger partial charge in [0.2, 0.25) is 0 Å². The molecule has 0 bridgehead atoms. The molecule has 0 heterocycles. The first-order chi connectivity index (χ1) is 31.0. The Morgan fingerprint density at radius 1 is 0.302 bits per heavy atom. The summed E-state index contributed by atoms with van der Waals surface area (Å²) >= 11 is 0. The Balaban J connectivity index is 0.936. The van der Waals surface area contributed by atoms with Gasteiger partial charge in [-0.05, 0) is 142 Å². The molecule has 13 rings (SSSR count). The van der Waals surface area contributed by atoms with Crippen molar-refractivity contribution in [2.24, 2.45) is 0 Å². The molecule has 1 nitrogen and oxygen atoms in total. The van der Waals surface area contributed by atoms with Crippen molar-refractivity contribution < 1.29 is 0 Å². The van der Waals surface area contributed by atoms with Crippen molar-refractivity contribution in [3.63, 3.8) is 0 Å². The number of hydrogen-bond donors (Lipinski definition) is 0. The third-order valence-electron chi connectivity index (χ3n) is 14.5. The van der Waals surface area contributed by atoms with Crippen LogP contribution in [0, 0.1) is 0 Å². The first-order valence-electron chi connectivity index (χ1n) is 22.2. The Morgan fingerprint density at radius 3 is 1.48 bits per heavy atom. The summed E-state index contributed by atoms with van der Waals surface area (Å²) in [6.45, 7) is 4.72. The van der Waals surface area contributed by atoms with Gasteiger partial charge in [-0.15, -0.1) is 0 Å². The lowest BCUT2D eigenvalue weighted by Gasteiger charge is -2.31. The van der Waals surface area contributed by atoms with Gasteiger partial charge in [0.1, 0.15) is 0 Å². The fourth-order valence-corrected chi connectivity index (χ4v) is 11.6. The van der Waals surface area contributed by atoms with E-state index in [1.54, 1.807) is 0 Å². The van der Waals surface area contributed by atoms with Crippen LogP contribution in [-0.4, -0.2) is 0 Å². The lowest BCUT2D eigenvalue weighted by atomic mass is 9.69. The molecular weight excluding hydrogens is 759 g/mol. The van der Waals surface area contributed by atoms with Gasteiger partial charge in [0.05, 0.1) is 5.41 Å². The fraction of sp³-hybridized carbons (Fsp3) is 0.0645. The molecule has 10 aromatic carbocycles. The van der Waals surface area contributed by atoms with Gasteiger partial charge in [0, 0.05) is 22.5 Å². The molecule has 1 spiro atoms. The molecule has 1 atom stereocenters. The monoisotopic (exact) mass is 801 g/mol. The first kappa shape index (κ1) is 36.0. The Labute approximate surface area is 369 Å². The van der Waals surface area contributed by atoms with Crippen LogP contribution in [0.5, 0.6) is 0 Å². The Hall–Kier alpha value is -7.74. The molecule has 0 aromatic heterocycles. The van der Waals surface area contributed by atoms with Crippen molar-refractivity contribution in [1.29, 1.82) is 0 Å². The highest BCUT2D eigenvalue weighted by Gasteiger charge is 2.52. The fourth-order valence-electron chi connectivity index (χ4n) is 11.6. The lowest BCUT2D eigenvalue weighted by molar-refractivity contribution is 0.660. The van der Waals surface area contributed by atoms with Crippen LogP contribution in [0.3, 0.4) is 0 Å². The second-order valence-corrected chi connectivity index (χ2v) is 18.0. The maximum atomic E-state index is 2.45. The van der Waals surface area contributed by atoms with E-state index in [1.807, 2.05) is 0 Å². The second-order valence-electron chi connectivity index (χ2n) is 18.0. The summed E-state index contributed by atoms with van der Waals surface area (Å²) in [6, 6.07) is 83.8. The normalized spacial score (nSPS) is 15.7.